The highest BCUT2D eigenvalue weighted by molar-refractivity contribution is 5.89. The fraction of sp³-hybridized carbons (Fsp3) is 0.385. The van der Waals surface area contributed by atoms with E-state index >= 15 is 0 Å². The van der Waals surface area contributed by atoms with Crippen molar-refractivity contribution in [2.24, 2.45) is 23.5 Å². The zero-order valence-electron chi connectivity index (χ0n) is 20.1. The maximum atomic E-state index is 13.6. The van der Waals surface area contributed by atoms with Crippen molar-refractivity contribution < 1.29 is 36.4 Å². The highest BCUT2D eigenvalue weighted by Gasteiger charge is 2.53. The van der Waals surface area contributed by atoms with Gasteiger partial charge in [0.05, 0.1) is 16.7 Å². The third-order valence-electron chi connectivity index (χ3n) is 6.87. The first kappa shape index (κ1) is 27.2. The summed E-state index contributed by atoms with van der Waals surface area (Å²) in [7, 11) is 0. The van der Waals surface area contributed by atoms with Crippen molar-refractivity contribution in [1.29, 1.82) is 0 Å². The van der Waals surface area contributed by atoms with Crippen LogP contribution in [-0.4, -0.2) is 34.9 Å². The van der Waals surface area contributed by atoms with Gasteiger partial charge in [0.15, 0.2) is 0 Å². The number of carbonyl (C=O) groups excluding carboxylic acids is 2. The number of para-hydroxylation sites is 1. The van der Waals surface area contributed by atoms with E-state index in [2.05, 4.69) is 10.7 Å². The third kappa shape index (κ3) is 6.17. The molecule has 2 aromatic carbocycles. The molecule has 0 saturated heterocycles. The number of hydrogen-bond donors (Lipinski definition) is 3. The number of halogens is 5. The van der Waals surface area contributed by atoms with Crippen LogP contribution in [0.3, 0.4) is 0 Å². The number of hydrogen-bond acceptors (Lipinski definition) is 3. The van der Waals surface area contributed by atoms with Crippen LogP contribution in [0.1, 0.15) is 36.8 Å². The van der Waals surface area contributed by atoms with Crippen LogP contribution in [0.25, 0.3) is 5.57 Å². The Morgan fingerprint density at radius 3 is 2.32 bits per heavy atom. The quantitative estimate of drug-likeness (QED) is 0.333. The van der Waals surface area contributed by atoms with Gasteiger partial charge in [-0.1, -0.05) is 48.5 Å². The molecule has 1 heterocycles. The van der Waals surface area contributed by atoms with Crippen molar-refractivity contribution in [2.45, 2.75) is 43.9 Å². The zero-order valence-corrected chi connectivity index (χ0v) is 20.1. The van der Waals surface area contributed by atoms with E-state index in [4.69, 9.17) is 5.73 Å². The molecular weight excluding hydrogens is 511 g/mol. The van der Waals surface area contributed by atoms with Crippen LogP contribution in [0.2, 0.25) is 0 Å². The lowest BCUT2D eigenvalue weighted by Crippen LogP contribution is -2.53. The molecule has 0 aromatic heterocycles. The highest BCUT2D eigenvalue weighted by Crippen LogP contribution is 2.49. The van der Waals surface area contributed by atoms with E-state index in [0.29, 0.717) is 27.3 Å². The first-order chi connectivity index (χ1) is 17.8. The first-order valence-electron chi connectivity index (χ1n) is 12.0. The molecular formula is C26H26F5N4O3+. The molecule has 12 heteroatoms. The summed E-state index contributed by atoms with van der Waals surface area (Å²) in [6.07, 6.45) is -8.44. The molecule has 0 bridgehead atoms. The summed E-state index contributed by atoms with van der Waals surface area (Å²) in [6.45, 7) is 0. The number of nitrogens with two attached hydrogens (primary N) is 1. The fourth-order valence-corrected chi connectivity index (χ4v) is 5.05. The van der Waals surface area contributed by atoms with Crippen LogP contribution < -0.4 is 16.5 Å². The number of fused-ring (bicyclic) bond motifs is 1. The lowest BCUT2D eigenvalue weighted by Gasteiger charge is -2.41. The third-order valence-corrected chi connectivity index (χ3v) is 6.87. The SMILES string of the molecule is NC(=O)[C@@H](C1CC(F)(F)C1)[C@@H](CCC(F)(F)F)C(=O)N[C@@H]1C=C(c2ccccc2)c2ccccc2N[N+]1=O. The number of nitroso groups, excluding NO2 is 1. The van der Waals surface area contributed by atoms with Gasteiger partial charge >= 0.3 is 12.3 Å². The van der Waals surface area contributed by atoms with Gasteiger partial charge in [-0.05, 0) is 29.5 Å². The van der Waals surface area contributed by atoms with Gasteiger partial charge in [0.2, 0.25) is 17.7 Å². The number of anilines is 1. The molecule has 2 aliphatic rings. The number of nitrogens with zero attached hydrogens (tertiary/aromatic N) is 1. The number of nitrogens with one attached hydrogen (secondary N) is 2. The maximum absolute atomic E-state index is 13.6. The van der Waals surface area contributed by atoms with Crippen molar-refractivity contribution >= 4 is 23.1 Å². The van der Waals surface area contributed by atoms with Crippen LogP contribution in [0.15, 0.2) is 60.7 Å². The van der Waals surface area contributed by atoms with Gasteiger partial charge in [-0.2, -0.15) is 13.2 Å². The van der Waals surface area contributed by atoms with Crippen LogP contribution in [0.5, 0.6) is 0 Å². The molecule has 0 radical (unpaired) electrons. The monoisotopic (exact) mass is 537 g/mol. The summed E-state index contributed by atoms with van der Waals surface area (Å²) in [5.41, 5.74) is 10.4. The second-order valence-electron chi connectivity index (χ2n) is 9.60. The van der Waals surface area contributed by atoms with Crippen molar-refractivity contribution in [3.8, 4) is 0 Å². The van der Waals surface area contributed by atoms with Gasteiger partial charge in [0.1, 0.15) is 10.6 Å². The van der Waals surface area contributed by atoms with E-state index in [1.54, 1.807) is 54.6 Å². The Balaban J connectivity index is 1.67. The highest BCUT2D eigenvalue weighted by atomic mass is 19.4. The molecule has 202 valence electrons. The molecule has 1 fully saturated rings. The Morgan fingerprint density at radius 1 is 1.08 bits per heavy atom. The molecule has 2 amide bonds. The fourth-order valence-electron chi connectivity index (χ4n) is 5.05. The summed E-state index contributed by atoms with van der Waals surface area (Å²) < 4.78 is 66.4. The summed E-state index contributed by atoms with van der Waals surface area (Å²) >= 11 is 0. The summed E-state index contributed by atoms with van der Waals surface area (Å²) in [6, 6.07) is 15.8. The number of primary amides is 1. The lowest BCUT2D eigenvalue weighted by molar-refractivity contribution is -0.549. The first-order valence-corrected chi connectivity index (χ1v) is 12.0. The predicted octanol–water partition coefficient (Wildman–Crippen LogP) is 4.79. The molecule has 2 aromatic rings. The normalized spacial score (nSPS) is 20.6. The van der Waals surface area contributed by atoms with Gasteiger partial charge in [-0.25, -0.2) is 8.78 Å². The molecule has 4 N–H and O–H groups in total. The Morgan fingerprint density at radius 2 is 1.71 bits per heavy atom. The molecule has 1 aliphatic carbocycles. The standard InChI is InChI=1S/C26H25F5N4O3/c27-25(28)13-16(14-25)22(23(32)36)18(10-11-26(29,30)31)24(37)33-21-12-19(15-6-2-1-3-7-15)17-8-4-5-9-20(17)34-35(21)38/h1-9,12,16,18,21-22H,10-11,13-14H2,(H3-,32,33,34,36,37,38)/p+1/t18-,21+,22+/m1/s1. The van der Waals surface area contributed by atoms with E-state index in [0.717, 1.165) is 0 Å². The van der Waals surface area contributed by atoms with E-state index in [1.165, 1.54) is 6.08 Å². The van der Waals surface area contributed by atoms with Gasteiger partial charge in [-0.3, -0.25) is 14.9 Å². The smallest absolute Gasteiger partial charge is 0.369 e. The number of carbonyl (C=O) groups is 2. The summed E-state index contributed by atoms with van der Waals surface area (Å²) in [5.74, 6) is -9.55. The molecule has 0 spiro atoms. The molecule has 38 heavy (non-hydrogen) atoms. The van der Waals surface area contributed by atoms with Crippen molar-refractivity contribution in [1.82, 2.24) is 5.32 Å². The van der Waals surface area contributed by atoms with Crippen LogP contribution in [0, 0.1) is 22.7 Å². The van der Waals surface area contributed by atoms with E-state index in [9.17, 15) is 36.4 Å². The van der Waals surface area contributed by atoms with Crippen molar-refractivity contribution in [2.75, 3.05) is 5.43 Å². The summed E-state index contributed by atoms with van der Waals surface area (Å²) in [5, 5.41) is 2.41. The average molecular weight is 538 g/mol. The van der Waals surface area contributed by atoms with E-state index < -0.39 is 73.5 Å². The Labute approximate surface area is 214 Å². The topological polar surface area (TPSA) is 104 Å². The van der Waals surface area contributed by atoms with Gasteiger partial charge in [0, 0.05) is 30.9 Å². The minimum Gasteiger partial charge on any atom is -0.369 e. The molecule has 3 atom stereocenters. The number of alkyl halides is 5. The Hall–Kier alpha value is -3.83. The van der Waals surface area contributed by atoms with E-state index in [-0.39, 0.29) is 0 Å². The summed E-state index contributed by atoms with van der Waals surface area (Å²) in [4.78, 5) is 38.9. The van der Waals surface area contributed by atoms with E-state index in [1.807, 2.05) is 0 Å². The average Bonchev–Trinajstić information content (AvgIpc) is 2.96. The number of amides is 2. The van der Waals surface area contributed by atoms with Crippen LogP contribution in [0.4, 0.5) is 27.6 Å². The minimum atomic E-state index is -4.67. The van der Waals surface area contributed by atoms with Crippen molar-refractivity contribution in [3.05, 3.63) is 76.7 Å². The lowest BCUT2D eigenvalue weighted by atomic mass is 9.67. The minimum absolute atomic E-state index is 0.324. The largest absolute Gasteiger partial charge is 0.389 e. The van der Waals surface area contributed by atoms with Gasteiger partial charge < -0.3 is 5.73 Å². The second-order valence-corrected chi connectivity index (χ2v) is 9.60. The molecule has 0 unspecified atom stereocenters. The van der Waals surface area contributed by atoms with Gasteiger partial charge in [-0.15, -0.1) is 5.43 Å². The molecule has 1 saturated carbocycles. The Kier molecular flexibility index (Phi) is 7.52. The zero-order chi connectivity index (χ0) is 27.7. The van der Waals surface area contributed by atoms with Crippen LogP contribution >= 0.6 is 0 Å². The van der Waals surface area contributed by atoms with Crippen molar-refractivity contribution in [3.63, 3.8) is 0 Å². The van der Waals surface area contributed by atoms with Crippen LogP contribution in [-0.2, 0) is 9.59 Å². The Bertz CT molecular complexity index is 1240. The molecule has 1 aliphatic heterocycles. The van der Waals surface area contributed by atoms with Gasteiger partial charge in [0.25, 0.3) is 0 Å². The predicted molar refractivity (Wildman–Crippen MR) is 128 cm³/mol. The second kappa shape index (κ2) is 10.5. The maximum Gasteiger partial charge on any atom is 0.389 e. The molecule has 7 nitrogen and oxygen atoms in total. The number of hydrazine groups is 1. The molecule has 4 rings (SSSR count). The number of benzene rings is 2. The number of rotatable bonds is 8.